The van der Waals surface area contributed by atoms with Crippen molar-refractivity contribution < 1.29 is 14.1 Å². The second-order valence-electron chi connectivity index (χ2n) is 6.40. The van der Waals surface area contributed by atoms with Crippen LogP contribution in [-0.2, 0) is 11.3 Å². The zero-order chi connectivity index (χ0) is 18.8. The number of hydrogen-bond acceptors (Lipinski definition) is 8. The Morgan fingerprint density at radius 1 is 1.30 bits per heavy atom. The van der Waals surface area contributed by atoms with Gasteiger partial charge in [-0.05, 0) is 44.0 Å². The van der Waals surface area contributed by atoms with Crippen molar-refractivity contribution in [1.82, 2.24) is 20.1 Å². The number of anilines is 1. The quantitative estimate of drug-likeness (QED) is 0.665. The maximum absolute atomic E-state index is 11.9. The Kier molecular flexibility index (Phi) is 4.53. The summed E-state index contributed by atoms with van der Waals surface area (Å²) < 4.78 is 10.1. The predicted molar refractivity (Wildman–Crippen MR) is 97.1 cm³/mol. The minimum absolute atomic E-state index is 0.339. The third-order valence-corrected chi connectivity index (χ3v) is 4.35. The molecule has 8 heteroatoms. The van der Waals surface area contributed by atoms with Gasteiger partial charge in [-0.1, -0.05) is 5.16 Å². The third kappa shape index (κ3) is 3.64. The van der Waals surface area contributed by atoms with Gasteiger partial charge in [-0.25, -0.2) is 9.78 Å². The molecule has 1 aliphatic carbocycles. The molecular weight excluding hydrogens is 346 g/mol. The van der Waals surface area contributed by atoms with Gasteiger partial charge < -0.3 is 14.6 Å². The van der Waals surface area contributed by atoms with Crippen LogP contribution in [0.1, 0.15) is 46.3 Å². The van der Waals surface area contributed by atoms with Crippen LogP contribution in [0.4, 0.5) is 5.82 Å². The zero-order valence-electron chi connectivity index (χ0n) is 15.1. The highest BCUT2D eigenvalue weighted by Crippen LogP contribution is 2.40. The molecule has 8 nitrogen and oxygen atoms in total. The number of esters is 1. The summed E-state index contributed by atoms with van der Waals surface area (Å²) in [5.41, 5.74) is 2.91. The standard InChI is InChI=1S/C19H19N5O3/c1-11-22-18(27-24-11)15-4-3-9-20-17(15)21-10-13-7-8-14(19(25)26-2)16(23-13)12-5-6-12/h3-4,7-9,12H,5-6,10H2,1-2H3,(H,20,21). The number of nitrogens with one attached hydrogen (secondary N) is 1. The van der Waals surface area contributed by atoms with Crippen molar-refractivity contribution in [2.45, 2.75) is 32.2 Å². The molecule has 1 saturated carbocycles. The average Bonchev–Trinajstić information content (AvgIpc) is 3.46. The number of hydrogen-bond donors (Lipinski definition) is 1. The van der Waals surface area contributed by atoms with Crippen LogP contribution in [0.5, 0.6) is 0 Å². The van der Waals surface area contributed by atoms with Crippen LogP contribution in [0.2, 0.25) is 0 Å². The molecule has 1 aliphatic rings. The van der Waals surface area contributed by atoms with Crippen molar-refractivity contribution in [3.63, 3.8) is 0 Å². The van der Waals surface area contributed by atoms with Gasteiger partial charge >= 0.3 is 5.97 Å². The van der Waals surface area contributed by atoms with Crippen molar-refractivity contribution in [2.75, 3.05) is 12.4 Å². The van der Waals surface area contributed by atoms with E-state index < -0.39 is 0 Å². The van der Waals surface area contributed by atoms with Gasteiger partial charge in [0, 0.05) is 12.1 Å². The lowest BCUT2D eigenvalue weighted by molar-refractivity contribution is 0.0598. The van der Waals surface area contributed by atoms with E-state index in [-0.39, 0.29) is 5.97 Å². The molecule has 3 aromatic heterocycles. The molecule has 3 heterocycles. The number of rotatable bonds is 6. The summed E-state index contributed by atoms with van der Waals surface area (Å²) in [5.74, 6) is 1.60. The molecule has 1 N–H and O–H groups in total. The first-order chi connectivity index (χ1) is 13.2. The summed E-state index contributed by atoms with van der Waals surface area (Å²) in [7, 11) is 1.39. The van der Waals surface area contributed by atoms with Gasteiger partial charge in [0.15, 0.2) is 5.82 Å². The summed E-state index contributed by atoms with van der Waals surface area (Å²) >= 11 is 0. The van der Waals surface area contributed by atoms with Gasteiger partial charge in [0.1, 0.15) is 5.82 Å². The number of pyridine rings is 2. The lowest BCUT2D eigenvalue weighted by atomic mass is 10.1. The lowest BCUT2D eigenvalue weighted by Gasteiger charge is -2.11. The van der Waals surface area contributed by atoms with Crippen LogP contribution in [0.15, 0.2) is 35.0 Å². The van der Waals surface area contributed by atoms with E-state index in [9.17, 15) is 4.79 Å². The molecule has 0 saturated heterocycles. The van der Waals surface area contributed by atoms with Gasteiger partial charge in [-0.15, -0.1) is 0 Å². The van der Waals surface area contributed by atoms with Crippen molar-refractivity contribution in [1.29, 1.82) is 0 Å². The first kappa shape index (κ1) is 17.1. The normalized spacial score (nSPS) is 13.4. The molecule has 0 aliphatic heterocycles. The Balaban J connectivity index is 1.56. The third-order valence-electron chi connectivity index (χ3n) is 4.35. The van der Waals surface area contributed by atoms with Gasteiger partial charge in [-0.2, -0.15) is 4.98 Å². The molecule has 138 valence electrons. The van der Waals surface area contributed by atoms with Crippen LogP contribution < -0.4 is 5.32 Å². The topological polar surface area (TPSA) is 103 Å². The molecule has 0 atom stereocenters. The first-order valence-corrected chi connectivity index (χ1v) is 8.73. The summed E-state index contributed by atoms with van der Waals surface area (Å²) in [6.07, 6.45) is 3.79. The van der Waals surface area contributed by atoms with Gasteiger partial charge in [0.05, 0.1) is 36.2 Å². The van der Waals surface area contributed by atoms with Crippen molar-refractivity contribution >= 4 is 11.8 Å². The number of methoxy groups -OCH3 is 1. The monoisotopic (exact) mass is 365 g/mol. The zero-order valence-corrected chi connectivity index (χ0v) is 15.1. The highest BCUT2D eigenvalue weighted by molar-refractivity contribution is 5.90. The summed E-state index contributed by atoms with van der Waals surface area (Å²) in [4.78, 5) is 25.3. The Bertz CT molecular complexity index is 981. The molecule has 27 heavy (non-hydrogen) atoms. The maximum atomic E-state index is 11.9. The Morgan fingerprint density at radius 2 is 2.15 bits per heavy atom. The van der Waals surface area contributed by atoms with Gasteiger partial charge in [0.2, 0.25) is 0 Å². The minimum atomic E-state index is -0.345. The highest BCUT2D eigenvalue weighted by atomic mass is 16.5. The van der Waals surface area contributed by atoms with Crippen LogP contribution in [0.25, 0.3) is 11.5 Å². The van der Waals surface area contributed by atoms with Crippen LogP contribution in [-0.4, -0.2) is 33.2 Å². The molecule has 3 aromatic rings. The number of carbonyl (C=O) groups excluding carboxylic acids is 1. The molecule has 0 bridgehead atoms. The van der Waals surface area contributed by atoms with Gasteiger partial charge in [-0.3, -0.25) is 4.98 Å². The molecule has 0 aromatic carbocycles. The van der Waals surface area contributed by atoms with E-state index in [0.29, 0.717) is 35.6 Å². The minimum Gasteiger partial charge on any atom is -0.465 e. The maximum Gasteiger partial charge on any atom is 0.339 e. The SMILES string of the molecule is COC(=O)c1ccc(CNc2ncccc2-c2nc(C)no2)nc1C1CC1. The predicted octanol–water partition coefficient (Wildman–Crippen LogP) is 3.11. The average molecular weight is 365 g/mol. The molecule has 0 unspecified atom stereocenters. The summed E-state index contributed by atoms with van der Waals surface area (Å²) in [6, 6.07) is 7.29. The van der Waals surface area contributed by atoms with Gasteiger partial charge in [0.25, 0.3) is 5.89 Å². The van der Waals surface area contributed by atoms with E-state index in [1.54, 1.807) is 19.2 Å². The fourth-order valence-corrected chi connectivity index (χ4v) is 2.87. The summed E-state index contributed by atoms with van der Waals surface area (Å²) in [5, 5.41) is 7.10. The lowest BCUT2D eigenvalue weighted by Crippen LogP contribution is -2.11. The first-order valence-electron chi connectivity index (χ1n) is 8.73. The molecule has 1 fully saturated rings. The fourth-order valence-electron chi connectivity index (χ4n) is 2.87. The van der Waals surface area contributed by atoms with Crippen molar-refractivity contribution in [3.05, 3.63) is 53.2 Å². The van der Waals surface area contributed by atoms with Crippen molar-refractivity contribution in [2.24, 2.45) is 0 Å². The second kappa shape index (κ2) is 7.14. The van der Waals surface area contributed by atoms with E-state index in [0.717, 1.165) is 29.8 Å². The largest absolute Gasteiger partial charge is 0.465 e. The molecule has 0 amide bonds. The van der Waals surface area contributed by atoms with E-state index in [2.05, 4.69) is 25.4 Å². The number of nitrogens with zero attached hydrogens (tertiary/aromatic N) is 4. The molecule has 0 spiro atoms. The number of aromatic nitrogens is 4. The van der Waals surface area contributed by atoms with Crippen molar-refractivity contribution in [3.8, 4) is 11.5 Å². The fraction of sp³-hybridized carbons (Fsp3) is 0.316. The number of ether oxygens (including phenoxy) is 1. The number of carbonyl (C=O) groups is 1. The molecular formula is C19H19N5O3. The van der Waals surface area contributed by atoms with E-state index in [1.807, 2.05) is 18.2 Å². The number of aryl methyl sites for hydroxylation is 1. The summed E-state index contributed by atoms with van der Waals surface area (Å²) in [6.45, 7) is 2.22. The van der Waals surface area contributed by atoms with Crippen LogP contribution in [0.3, 0.4) is 0 Å². The van der Waals surface area contributed by atoms with Crippen LogP contribution >= 0.6 is 0 Å². The molecule has 0 radical (unpaired) electrons. The highest BCUT2D eigenvalue weighted by Gasteiger charge is 2.30. The Morgan fingerprint density at radius 3 is 2.85 bits per heavy atom. The molecule has 4 rings (SSSR count). The van der Waals surface area contributed by atoms with Crippen LogP contribution in [0, 0.1) is 6.92 Å². The van der Waals surface area contributed by atoms with E-state index in [4.69, 9.17) is 9.26 Å². The Labute approximate surface area is 156 Å². The van der Waals surface area contributed by atoms with E-state index >= 15 is 0 Å². The Hall–Kier alpha value is -3.29. The van der Waals surface area contributed by atoms with E-state index in [1.165, 1.54) is 7.11 Å². The second-order valence-corrected chi connectivity index (χ2v) is 6.40. The smallest absolute Gasteiger partial charge is 0.339 e.